The Morgan fingerprint density at radius 1 is 1.17 bits per heavy atom. The van der Waals surface area contributed by atoms with Gasteiger partial charge in [-0.15, -0.1) is 11.6 Å². The van der Waals surface area contributed by atoms with E-state index in [1.54, 1.807) is 10.9 Å². The van der Waals surface area contributed by atoms with E-state index >= 15 is 0 Å². The molecule has 0 bridgehead atoms. The molecule has 0 saturated heterocycles. The molecule has 18 heavy (non-hydrogen) atoms. The van der Waals surface area contributed by atoms with Crippen molar-refractivity contribution in [2.45, 2.75) is 12.8 Å². The molecule has 0 N–H and O–H groups in total. The summed E-state index contributed by atoms with van der Waals surface area (Å²) in [5.41, 5.74) is 2.67. The number of para-hydroxylation sites is 1. The van der Waals surface area contributed by atoms with Crippen LogP contribution in [0, 0.1) is 6.92 Å². The first-order valence-corrected chi connectivity index (χ1v) is 6.15. The molecule has 3 aromatic rings. The number of benzene rings is 1. The van der Waals surface area contributed by atoms with E-state index in [-0.39, 0.29) is 0 Å². The van der Waals surface area contributed by atoms with Gasteiger partial charge in [0.25, 0.3) is 0 Å². The Morgan fingerprint density at radius 3 is 2.67 bits per heavy atom. The van der Waals surface area contributed by atoms with E-state index in [2.05, 4.69) is 15.1 Å². The second-order valence-corrected chi connectivity index (χ2v) is 4.26. The molecular weight excluding hydrogens is 248 g/mol. The summed E-state index contributed by atoms with van der Waals surface area (Å²) in [6, 6.07) is 9.90. The fourth-order valence-corrected chi connectivity index (χ4v) is 2.04. The summed E-state index contributed by atoms with van der Waals surface area (Å²) in [4.78, 5) is 8.78. The van der Waals surface area contributed by atoms with Gasteiger partial charge >= 0.3 is 0 Å². The molecule has 1 aromatic carbocycles. The molecular formula is C13H11ClN4. The van der Waals surface area contributed by atoms with Gasteiger partial charge in [0.05, 0.1) is 28.8 Å². The fourth-order valence-electron chi connectivity index (χ4n) is 1.92. The van der Waals surface area contributed by atoms with Crippen molar-refractivity contribution in [3.63, 3.8) is 0 Å². The molecule has 0 amide bonds. The van der Waals surface area contributed by atoms with Crippen molar-refractivity contribution < 1.29 is 0 Å². The highest BCUT2D eigenvalue weighted by atomic mass is 35.5. The highest BCUT2D eigenvalue weighted by Crippen LogP contribution is 2.19. The Balaban J connectivity index is 2.28. The number of alkyl halides is 1. The lowest BCUT2D eigenvalue weighted by atomic mass is 10.3. The first kappa shape index (κ1) is 11.2. The molecule has 0 aliphatic heterocycles. The summed E-state index contributed by atoms with van der Waals surface area (Å²) in [6.45, 7) is 1.94. The average Bonchev–Trinajstić information content (AvgIpc) is 2.84. The van der Waals surface area contributed by atoms with Gasteiger partial charge in [0.1, 0.15) is 5.82 Å². The molecule has 0 fully saturated rings. The predicted molar refractivity (Wildman–Crippen MR) is 71.0 cm³/mol. The maximum Gasteiger partial charge on any atom is 0.166 e. The summed E-state index contributed by atoms with van der Waals surface area (Å²) in [5.74, 6) is 0.927. The maximum absolute atomic E-state index is 5.81. The minimum Gasteiger partial charge on any atom is -0.236 e. The Hall–Kier alpha value is -1.94. The molecule has 2 heterocycles. The second-order valence-electron chi connectivity index (χ2n) is 3.99. The van der Waals surface area contributed by atoms with Gasteiger partial charge < -0.3 is 0 Å². The number of hydrogen-bond acceptors (Lipinski definition) is 3. The number of aromatic nitrogens is 4. The molecule has 3 rings (SSSR count). The van der Waals surface area contributed by atoms with Gasteiger partial charge in [0, 0.05) is 0 Å². The van der Waals surface area contributed by atoms with E-state index in [0.29, 0.717) is 11.7 Å². The molecule has 0 aliphatic carbocycles. The van der Waals surface area contributed by atoms with Gasteiger partial charge in [0.2, 0.25) is 0 Å². The van der Waals surface area contributed by atoms with Crippen LogP contribution in [0.4, 0.5) is 0 Å². The normalized spacial score (nSPS) is 11.0. The second kappa shape index (κ2) is 4.38. The highest BCUT2D eigenvalue weighted by molar-refractivity contribution is 6.16. The van der Waals surface area contributed by atoms with Crippen LogP contribution in [0.25, 0.3) is 16.7 Å². The quantitative estimate of drug-likeness (QED) is 0.664. The topological polar surface area (TPSA) is 43.6 Å². The molecule has 5 heteroatoms. The molecule has 0 spiro atoms. The Labute approximate surface area is 109 Å². The number of fused-ring (bicyclic) bond motifs is 1. The number of nitrogens with zero attached hydrogens (tertiary/aromatic N) is 4. The number of hydrogen-bond donors (Lipinski definition) is 0. The molecule has 0 atom stereocenters. The fraction of sp³-hybridized carbons (Fsp3) is 0.154. The van der Waals surface area contributed by atoms with Gasteiger partial charge in [-0.3, -0.25) is 0 Å². The minimum absolute atomic E-state index is 0.302. The zero-order valence-electron chi connectivity index (χ0n) is 9.84. The third-order valence-electron chi connectivity index (χ3n) is 2.79. The van der Waals surface area contributed by atoms with Gasteiger partial charge in [-0.25, -0.2) is 14.6 Å². The van der Waals surface area contributed by atoms with E-state index in [4.69, 9.17) is 11.6 Å². The van der Waals surface area contributed by atoms with Crippen molar-refractivity contribution in [1.29, 1.82) is 0 Å². The summed E-state index contributed by atoms with van der Waals surface area (Å²) < 4.78 is 1.81. The SMILES string of the molecule is Cc1nc(CCl)nc2c1cnn2-c1ccccc1. The lowest BCUT2D eigenvalue weighted by molar-refractivity contribution is 0.886. The van der Waals surface area contributed by atoms with Gasteiger partial charge in [-0.05, 0) is 19.1 Å². The van der Waals surface area contributed by atoms with Crippen molar-refractivity contribution in [3.05, 3.63) is 48.0 Å². The largest absolute Gasteiger partial charge is 0.236 e. The van der Waals surface area contributed by atoms with E-state index in [0.717, 1.165) is 22.4 Å². The molecule has 90 valence electrons. The van der Waals surface area contributed by atoms with Crippen molar-refractivity contribution in [1.82, 2.24) is 19.7 Å². The van der Waals surface area contributed by atoms with Gasteiger partial charge in [-0.2, -0.15) is 5.10 Å². The van der Waals surface area contributed by atoms with Crippen LogP contribution in [-0.2, 0) is 5.88 Å². The van der Waals surface area contributed by atoms with Crippen LogP contribution in [-0.4, -0.2) is 19.7 Å². The third kappa shape index (κ3) is 1.75. The standard InChI is InChI=1S/C13H11ClN4/c1-9-11-8-15-18(10-5-3-2-4-6-10)13(11)17-12(7-14)16-9/h2-6,8H,7H2,1H3. The summed E-state index contributed by atoms with van der Waals surface area (Å²) in [5, 5.41) is 5.32. The Bertz CT molecular complexity index is 691. The van der Waals surface area contributed by atoms with Crippen LogP contribution >= 0.6 is 11.6 Å². The zero-order valence-corrected chi connectivity index (χ0v) is 10.6. The number of halogens is 1. The number of aryl methyl sites for hydroxylation is 1. The van der Waals surface area contributed by atoms with Crippen LogP contribution < -0.4 is 0 Å². The monoisotopic (exact) mass is 258 g/mol. The van der Waals surface area contributed by atoms with Crippen molar-refractivity contribution >= 4 is 22.6 Å². The van der Waals surface area contributed by atoms with Crippen LogP contribution in [0.2, 0.25) is 0 Å². The predicted octanol–water partition coefficient (Wildman–Crippen LogP) is 2.86. The summed E-state index contributed by atoms with van der Waals surface area (Å²) >= 11 is 5.81. The van der Waals surface area contributed by atoms with E-state index in [1.807, 2.05) is 37.3 Å². The highest BCUT2D eigenvalue weighted by Gasteiger charge is 2.10. The third-order valence-corrected chi connectivity index (χ3v) is 3.02. The lowest BCUT2D eigenvalue weighted by Crippen LogP contribution is -2.01. The first-order valence-electron chi connectivity index (χ1n) is 5.62. The van der Waals surface area contributed by atoms with Crippen molar-refractivity contribution in [2.24, 2.45) is 0 Å². The van der Waals surface area contributed by atoms with E-state index in [9.17, 15) is 0 Å². The first-order chi connectivity index (χ1) is 8.79. The van der Waals surface area contributed by atoms with Crippen LogP contribution in [0.5, 0.6) is 0 Å². The molecule has 4 nitrogen and oxygen atoms in total. The van der Waals surface area contributed by atoms with Gasteiger partial charge in [-0.1, -0.05) is 18.2 Å². The van der Waals surface area contributed by atoms with Crippen LogP contribution in [0.1, 0.15) is 11.5 Å². The smallest absolute Gasteiger partial charge is 0.166 e. The minimum atomic E-state index is 0.302. The average molecular weight is 259 g/mol. The van der Waals surface area contributed by atoms with Crippen molar-refractivity contribution in [3.8, 4) is 5.69 Å². The van der Waals surface area contributed by atoms with E-state index in [1.165, 1.54) is 0 Å². The Morgan fingerprint density at radius 2 is 1.94 bits per heavy atom. The summed E-state index contributed by atoms with van der Waals surface area (Å²) in [6.07, 6.45) is 1.79. The van der Waals surface area contributed by atoms with Crippen LogP contribution in [0.3, 0.4) is 0 Å². The zero-order chi connectivity index (χ0) is 12.5. The van der Waals surface area contributed by atoms with Gasteiger partial charge in [0.15, 0.2) is 5.65 Å². The molecule has 0 radical (unpaired) electrons. The molecule has 0 saturated carbocycles. The molecule has 0 aliphatic rings. The molecule has 0 unspecified atom stereocenters. The molecule has 2 aromatic heterocycles. The van der Waals surface area contributed by atoms with Crippen LogP contribution in [0.15, 0.2) is 36.5 Å². The maximum atomic E-state index is 5.81. The van der Waals surface area contributed by atoms with E-state index < -0.39 is 0 Å². The number of rotatable bonds is 2. The summed E-state index contributed by atoms with van der Waals surface area (Å²) in [7, 11) is 0. The Kier molecular flexibility index (Phi) is 2.72. The lowest BCUT2D eigenvalue weighted by Gasteiger charge is -2.04. The van der Waals surface area contributed by atoms with Crippen molar-refractivity contribution in [2.75, 3.05) is 0 Å².